The van der Waals surface area contributed by atoms with Crippen LogP contribution < -0.4 is 10.2 Å². The van der Waals surface area contributed by atoms with Gasteiger partial charge in [0.05, 0.1) is 12.1 Å². The van der Waals surface area contributed by atoms with Gasteiger partial charge in [0, 0.05) is 36.0 Å². The average molecular weight is 466 g/mol. The van der Waals surface area contributed by atoms with E-state index in [4.69, 9.17) is 10.1 Å². The summed E-state index contributed by atoms with van der Waals surface area (Å²) >= 11 is 1.66. The maximum Gasteiger partial charge on any atom is 0.305 e. The van der Waals surface area contributed by atoms with Crippen molar-refractivity contribution in [2.75, 3.05) is 18.0 Å². The van der Waals surface area contributed by atoms with Gasteiger partial charge >= 0.3 is 5.97 Å². The molecule has 0 saturated carbocycles. The first-order valence-corrected chi connectivity index (χ1v) is 11.9. The summed E-state index contributed by atoms with van der Waals surface area (Å²) in [5.41, 5.74) is 3.96. The molecule has 0 aliphatic carbocycles. The van der Waals surface area contributed by atoms with E-state index in [9.17, 15) is 9.59 Å². The van der Waals surface area contributed by atoms with Crippen LogP contribution >= 0.6 is 11.3 Å². The van der Waals surface area contributed by atoms with E-state index in [-0.39, 0.29) is 24.3 Å². The summed E-state index contributed by atoms with van der Waals surface area (Å²) in [6.45, 7) is 8.13. The van der Waals surface area contributed by atoms with Gasteiger partial charge in [0.25, 0.3) is 5.91 Å². The molecule has 7 heteroatoms. The third kappa shape index (κ3) is 7.43. The highest BCUT2D eigenvalue weighted by atomic mass is 32.1. The maximum absolute atomic E-state index is 12.2. The lowest BCUT2D eigenvalue weighted by Crippen LogP contribution is -2.27. The van der Waals surface area contributed by atoms with Crippen LogP contribution in [-0.4, -0.2) is 35.1 Å². The fourth-order valence-corrected chi connectivity index (χ4v) is 4.35. The molecular weight excluding hydrogens is 434 g/mol. The highest BCUT2D eigenvalue weighted by Gasteiger charge is 2.20. The van der Waals surface area contributed by atoms with Crippen molar-refractivity contribution >= 4 is 28.3 Å². The summed E-state index contributed by atoms with van der Waals surface area (Å²) in [5.74, 6) is -1.20. The molecule has 0 radical (unpaired) electrons. The summed E-state index contributed by atoms with van der Waals surface area (Å²) in [4.78, 5) is 30.0. The third-order valence-corrected chi connectivity index (χ3v) is 6.16. The zero-order valence-electron chi connectivity index (χ0n) is 19.4. The predicted octanol–water partition coefficient (Wildman–Crippen LogP) is 4.89. The number of carboxylic acids is 1. The molecule has 1 aromatic heterocycles. The fourth-order valence-electron chi connectivity index (χ4n) is 3.27. The fraction of sp³-hybridized carbons (Fsp3) is 0.346. The van der Waals surface area contributed by atoms with Crippen molar-refractivity contribution in [2.45, 2.75) is 45.6 Å². The van der Waals surface area contributed by atoms with Gasteiger partial charge in [0.2, 0.25) is 0 Å². The van der Waals surface area contributed by atoms with E-state index in [1.807, 2.05) is 18.2 Å². The summed E-state index contributed by atoms with van der Waals surface area (Å²) in [6, 6.07) is 17.9. The van der Waals surface area contributed by atoms with Gasteiger partial charge in [0.15, 0.2) is 5.13 Å². The Kier molecular flexibility index (Phi) is 8.22. The van der Waals surface area contributed by atoms with Crippen LogP contribution in [0, 0.1) is 0 Å². The van der Waals surface area contributed by atoms with Crippen molar-refractivity contribution in [1.82, 2.24) is 10.3 Å². The molecule has 0 fully saturated rings. The smallest absolute Gasteiger partial charge is 0.305 e. The van der Waals surface area contributed by atoms with Gasteiger partial charge in [-0.1, -0.05) is 63.2 Å². The van der Waals surface area contributed by atoms with Crippen LogP contribution in [0.2, 0.25) is 0 Å². The minimum atomic E-state index is -0.932. The number of carboxylic acid groups (broad SMARTS) is 1. The lowest BCUT2D eigenvalue weighted by atomic mass is 9.93. The number of aromatic nitrogens is 1. The second-order valence-electron chi connectivity index (χ2n) is 9.02. The molecule has 1 amide bonds. The van der Waals surface area contributed by atoms with E-state index < -0.39 is 5.97 Å². The molecule has 174 valence electrons. The molecule has 0 bridgehead atoms. The molecule has 1 heterocycles. The third-order valence-electron chi connectivity index (χ3n) is 5.26. The Balaban J connectivity index is 1.71. The van der Waals surface area contributed by atoms with Crippen molar-refractivity contribution in [3.8, 4) is 0 Å². The predicted molar refractivity (Wildman–Crippen MR) is 133 cm³/mol. The van der Waals surface area contributed by atoms with E-state index >= 15 is 0 Å². The molecule has 3 aromatic rings. The molecule has 6 nitrogen and oxygen atoms in total. The molecule has 2 aromatic carbocycles. The van der Waals surface area contributed by atoms with Crippen LogP contribution in [0.15, 0.2) is 60.0 Å². The number of carbonyl (C=O) groups is 2. The lowest BCUT2D eigenvalue weighted by Gasteiger charge is -2.23. The summed E-state index contributed by atoms with van der Waals surface area (Å²) in [6.07, 6.45) is 0.819. The number of hydrogen-bond acceptors (Lipinski definition) is 5. The maximum atomic E-state index is 12.2. The second-order valence-corrected chi connectivity index (χ2v) is 9.86. The highest BCUT2D eigenvalue weighted by molar-refractivity contribution is 7.13. The summed E-state index contributed by atoms with van der Waals surface area (Å²) < 4.78 is 0. The number of benzene rings is 2. The number of amides is 1. The van der Waals surface area contributed by atoms with Crippen molar-refractivity contribution < 1.29 is 14.7 Å². The second kappa shape index (κ2) is 11.1. The van der Waals surface area contributed by atoms with E-state index in [1.165, 1.54) is 5.56 Å². The largest absolute Gasteiger partial charge is 0.481 e. The molecule has 0 aliphatic rings. The van der Waals surface area contributed by atoms with Gasteiger partial charge in [-0.25, -0.2) is 4.98 Å². The molecular formula is C26H31N3O3S. The topological polar surface area (TPSA) is 82.5 Å². The summed E-state index contributed by atoms with van der Waals surface area (Å²) in [7, 11) is 0. The normalized spacial score (nSPS) is 11.2. The quantitative estimate of drug-likeness (QED) is 0.445. The number of carbonyl (C=O) groups excluding carboxylic acids is 1. The van der Waals surface area contributed by atoms with Gasteiger partial charge in [-0.3, -0.25) is 9.59 Å². The van der Waals surface area contributed by atoms with Gasteiger partial charge < -0.3 is 15.3 Å². The van der Waals surface area contributed by atoms with Crippen LogP contribution in [0.3, 0.4) is 0 Å². The first-order valence-electron chi connectivity index (χ1n) is 11.1. The molecule has 0 spiro atoms. The van der Waals surface area contributed by atoms with Crippen LogP contribution in [0.5, 0.6) is 0 Å². The zero-order valence-corrected chi connectivity index (χ0v) is 20.2. The van der Waals surface area contributed by atoms with E-state index in [0.717, 1.165) is 29.4 Å². The Labute approximate surface area is 199 Å². The Morgan fingerprint density at radius 2 is 1.73 bits per heavy atom. The molecule has 0 atom stereocenters. The molecule has 2 N–H and O–H groups in total. The molecule has 3 rings (SSSR count). The molecule has 0 saturated heterocycles. The number of hydrogen-bond donors (Lipinski definition) is 2. The van der Waals surface area contributed by atoms with Crippen molar-refractivity contribution in [1.29, 1.82) is 0 Å². The lowest BCUT2D eigenvalue weighted by molar-refractivity contribution is -0.136. The van der Waals surface area contributed by atoms with Gasteiger partial charge in [-0.15, -0.1) is 11.3 Å². The van der Waals surface area contributed by atoms with Crippen LogP contribution in [0.4, 0.5) is 5.13 Å². The van der Waals surface area contributed by atoms with E-state index in [2.05, 4.69) is 60.6 Å². The van der Waals surface area contributed by atoms with Crippen LogP contribution in [0.1, 0.15) is 54.4 Å². The standard InChI is InChI=1S/C26H31N3O3S/c1-26(2,3)22-18-33-25(28-22)29(16-14-19-7-5-4-6-8-19)17-20-9-11-21(12-10-20)24(32)27-15-13-23(30)31/h4-12,18H,13-17H2,1-3H3,(H,27,32)(H,30,31). The SMILES string of the molecule is CC(C)(C)c1csc(N(CCc2ccccc2)Cc2ccc(C(=O)NCCC(=O)O)cc2)n1. The van der Waals surface area contributed by atoms with Gasteiger partial charge in [0.1, 0.15) is 0 Å². The van der Waals surface area contributed by atoms with Crippen LogP contribution in [-0.2, 0) is 23.2 Å². The first-order chi connectivity index (χ1) is 15.7. The number of rotatable bonds is 10. The number of aliphatic carboxylic acids is 1. The van der Waals surface area contributed by atoms with Crippen molar-refractivity contribution in [3.05, 3.63) is 82.4 Å². The Bertz CT molecular complexity index is 1060. The van der Waals surface area contributed by atoms with Crippen molar-refractivity contribution in [3.63, 3.8) is 0 Å². The zero-order chi connectivity index (χ0) is 23.8. The Hall–Kier alpha value is -3.19. The Morgan fingerprint density at radius 1 is 1.03 bits per heavy atom. The average Bonchev–Trinajstić information content (AvgIpc) is 3.28. The first kappa shape index (κ1) is 24.5. The van der Waals surface area contributed by atoms with Crippen molar-refractivity contribution in [2.24, 2.45) is 0 Å². The van der Waals surface area contributed by atoms with E-state index in [0.29, 0.717) is 12.1 Å². The molecule has 0 aliphatic heterocycles. The Morgan fingerprint density at radius 3 is 2.33 bits per heavy atom. The molecule has 33 heavy (non-hydrogen) atoms. The number of nitrogens with zero attached hydrogens (tertiary/aromatic N) is 2. The monoisotopic (exact) mass is 465 g/mol. The minimum Gasteiger partial charge on any atom is -0.481 e. The van der Waals surface area contributed by atoms with Crippen LogP contribution in [0.25, 0.3) is 0 Å². The summed E-state index contributed by atoms with van der Waals surface area (Å²) in [5, 5.41) is 14.5. The van der Waals surface area contributed by atoms with E-state index in [1.54, 1.807) is 23.5 Å². The number of thiazole rings is 1. The van der Waals surface area contributed by atoms with Gasteiger partial charge in [-0.05, 0) is 29.7 Å². The molecule has 0 unspecified atom stereocenters. The highest BCUT2D eigenvalue weighted by Crippen LogP contribution is 2.29. The minimum absolute atomic E-state index is 0.00447. The number of nitrogens with one attached hydrogen (secondary N) is 1. The number of anilines is 1. The van der Waals surface area contributed by atoms with Gasteiger partial charge in [-0.2, -0.15) is 0 Å².